The number of hydrogen-bond donors (Lipinski definition) is 0. The molecule has 1 heterocycles. The monoisotopic (exact) mass is 359 g/mol. The first-order valence-corrected chi connectivity index (χ1v) is 6.50. The summed E-state index contributed by atoms with van der Waals surface area (Å²) in [5.74, 6) is -0.524. The van der Waals surface area contributed by atoms with Crippen LogP contribution in [0.2, 0.25) is 0 Å². The van der Waals surface area contributed by atoms with Crippen LogP contribution in [0.3, 0.4) is 0 Å². The van der Waals surface area contributed by atoms with Gasteiger partial charge in [-0.05, 0) is 53.8 Å². The molecule has 0 aliphatic heterocycles. The van der Waals surface area contributed by atoms with Gasteiger partial charge in [0.1, 0.15) is 5.69 Å². The minimum Gasteiger partial charge on any atom is -0.488 e. The molecule has 18 heavy (non-hydrogen) atoms. The van der Waals surface area contributed by atoms with Crippen molar-refractivity contribution < 1.29 is 13.9 Å². The van der Waals surface area contributed by atoms with E-state index in [0.717, 1.165) is 9.26 Å². The molecule has 0 N–H and O–H groups in total. The third-order valence-electron chi connectivity index (χ3n) is 2.46. The van der Waals surface area contributed by atoms with E-state index < -0.39 is 5.82 Å². The molecular weight excluding hydrogens is 348 g/mol. The van der Waals surface area contributed by atoms with Crippen LogP contribution in [0.25, 0.3) is 5.69 Å². The first kappa shape index (κ1) is 13.1. The van der Waals surface area contributed by atoms with Crippen LogP contribution in [0.5, 0.6) is 5.75 Å². The molecule has 2 aromatic rings. The van der Waals surface area contributed by atoms with E-state index in [-0.39, 0.29) is 11.4 Å². The van der Waals surface area contributed by atoms with Crippen molar-refractivity contribution in [2.24, 2.45) is 0 Å². The Balaban J connectivity index is 2.54. The van der Waals surface area contributed by atoms with Gasteiger partial charge in [0.05, 0.1) is 6.61 Å². The fourth-order valence-corrected chi connectivity index (χ4v) is 2.05. The second-order valence-corrected chi connectivity index (χ2v) is 4.83. The van der Waals surface area contributed by atoms with Crippen molar-refractivity contribution in [3.05, 3.63) is 45.5 Å². The molecule has 0 fully saturated rings. The van der Waals surface area contributed by atoms with Crippen LogP contribution < -0.4 is 4.74 Å². The molecule has 94 valence electrons. The van der Waals surface area contributed by atoms with Crippen molar-refractivity contribution in [3.63, 3.8) is 0 Å². The molecule has 0 amide bonds. The van der Waals surface area contributed by atoms with Crippen molar-refractivity contribution in [3.8, 4) is 11.4 Å². The van der Waals surface area contributed by atoms with Gasteiger partial charge in [-0.2, -0.15) is 0 Å². The molecule has 0 saturated heterocycles. The molecule has 0 aliphatic rings. The van der Waals surface area contributed by atoms with E-state index in [1.807, 2.05) is 24.3 Å². The van der Waals surface area contributed by atoms with Gasteiger partial charge in [-0.25, -0.2) is 4.39 Å². The molecule has 1 aromatic heterocycles. The Bertz CT molecular complexity index is 563. The van der Waals surface area contributed by atoms with E-state index in [9.17, 15) is 9.18 Å². The molecule has 5 heteroatoms. The van der Waals surface area contributed by atoms with Gasteiger partial charge in [0.15, 0.2) is 17.9 Å². The molecule has 0 aliphatic carbocycles. The number of aldehydes is 1. The Morgan fingerprint density at radius 2 is 2.06 bits per heavy atom. The summed E-state index contributed by atoms with van der Waals surface area (Å²) in [7, 11) is 0. The summed E-state index contributed by atoms with van der Waals surface area (Å²) in [5, 5.41) is 0. The summed E-state index contributed by atoms with van der Waals surface area (Å²) in [4.78, 5) is 11.1. The van der Waals surface area contributed by atoms with Crippen molar-refractivity contribution in [2.75, 3.05) is 6.61 Å². The first-order chi connectivity index (χ1) is 8.67. The number of aromatic nitrogens is 1. The van der Waals surface area contributed by atoms with Crippen molar-refractivity contribution >= 4 is 28.9 Å². The number of nitrogens with zero attached hydrogens (tertiary/aromatic N) is 1. The Morgan fingerprint density at radius 3 is 2.61 bits per heavy atom. The Hall–Kier alpha value is -1.37. The van der Waals surface area contributed by atoms with Crippen LogP contribution >= 0.6 is 22.6 Å². The molecule has 0 unspecified atom stereocenters. The SMILES string of the molecule is CCOc1c(F)cn(-c2ccc(I)cc2)c1C=O. The molecule has 0 radical (unpaired) electrons. The fourth-order valence-electron chi connectivity index (χ4n) is 1.69. The van der Waals surface area contributed by atoms with E-state index in [4.69, 9.17) is 4.74 Å². The highest BCUT2D eigenvalue weighted by Gasteiger charge is 2.17. The molecular formula is C13H11FINO2. The molecule has 0 bridgehead atoms. The molecule has 2 rings (SSSR count). The lowest BCUT2D eigenvalue weighted by Gasteiger charge is -2.06. The maximum absolute atomic E-state index is 13.7. The quantitative estimate of drug-likeness (QED) is 0.619. The van der Waals surface area contributed by atoms with Crippen LogP contribution in [-0.2, 0) is 0 Å². The Morgan fingerprint density at radius 1 is 1.39 bits per heavy atom. The lowest BCUT2D eigenvalue weighted by Crippen LogP contribution is -2.00. The third kappa shape index (κ3) is 2.40. The van der Waals surface area contributed by atoms with E-state index in [0.29, 0.717) is 12.9 Å². The van der Waals surface area contributed by atoms with Crippen molar-refractivity contribution in [1.82, 2.24) is 4.57 Å². The van der Waals surface area contributed by atoms with Gasteiger partial charge in [-0.3, -0.25) is 4.79 Å². The Kier molecular flexibility index (Phi) is 4.00. The van der Waals surface area contributed by atoms with Gasteiger partial charge < -0.3 is 9.30 Å². The van der Waals surface area contributed by atoms with Crippen LogP contribution in [0.4, 0.5) is 4.39 Å². The highest BCUT2D eigenvalue weighted by atomic mass is 127. The minimum absolute atomic E-state index is 0.00560. The topological polar surface area (TPSA) is 31.2 Å². The number of rotatable bonds is 4. The lowest BCUT2D eigenvalue weighted by atomic mass is 10.3. The summed E-state index contributed by atoms with van der Waals surface area (Å²) in [6.07, 6.45) is 1.86. The van der Waals surface area contributed by atoms with Gasteiger partial charge in [0.25, 0.3) is 0 Å². The molecule has 0 atom stereocenters. The van der Waals surface area contributed by atoms with Crippen LogP contribution in [0.1, 0.15) is 17.4 Å². The van der Waals surface area contributed by atoms with Crippen LogP contribution in [0.15, 0.2) is 30.5 Å². The minimum atomic E-state index is -0.530. The second-order valence-electron chi connectivity index (χ2n) is 3.59. The zero-order chi connectivity index (χ0) is 13.1. The van der Waals surface area contributed by atoms with Crippen LogP contribution in [0, 0.1) is 9.39 Å². The van der Waals surface area contributed by atoms with Crippen molar-refractivity contribution in [1.29, 1.82) is 0 Å². The summed E-state index contributed by atoms with van der Waals surface area (Å²) >= 11 is 2.18. The second kappa shape index (κ2) is 5.51. The number of benzene rings is 1. The van der Waals surface area contributed by atoms with E-state index >= 15 is 0 Å². The molecule has 0 spiro atoms. The predicted octanol–water partition coefficient (Wildman–Crippen LogP) is 3.43. The number of carbonyl (C=O) groups excluding carboxylic acids is 1. The summed E-state index contributed by atoms with van der Waals surface area (Å²) in [6, 6.07) is 7.43. The van der Waals surface area contributed by atoms with Crippen LogP contribution in [-0.4, -0.2) is 17.5 Å². The highest BCUT2D eigenvalue weighted by Crippen LogP contribution is 2.26. The zero-order valence-corrected chi connectivity index (χ0v) is 11.8. The fraction of sp³-hybridized carbons (Fsp3) is 0.154. The Labute approximate surface area is 118 Å². The largest absolute Gasteiger partial charge is 0.488 e. The van der Waals surface area contributed by atoms with Gasteiger partial charge in [-0.1, -0.05) is 0 Å². The molecule has 1 aromatic carbocycles. The number of carbonyl (C=O) groups is 1. The molecule has 3 nitrogen and oxygen atoms in total. The summed E-state index contributed by atoms with van der Waals surface area (Å²) in [6.45, 7) is 2.06. The average molecular weight is 359 g/mol. The maximum atomic E-state index is 13.7. The number of hydrogen-bond acceptors (Lipinski definition) is 2. The third-order valence-corrected chi connectivity index (χ3v) is 3.18. The van der Waals surface area contributed by atoms with Crippen molar-refractivity contribution in [2.45, 2.75) is 6.92 Å². The average Bonchev–Trinajstić information content (AvgIpc) is 2.68. The molecule has 0 saturated carbocycles. The van der Waals surface area contributed by atoms with Gasteiger partial charge in [-0.15, -0.1) is 0 Å². The lowest BCUT2D eigenvalue weighted by molar-refractivity contribution is 0.111. The smallest absolute Gasteiger partial charge is 0.183 e. The van der Waals surface area contributed by atoms with Gasteiger partial charge in [0.2, 0.25) is 0 Å². The maximum Gasteiger partial charge on any atom is 0.183 e. The van der Waals surface area contributed by atoms with E-state index in [1.54, 1.807) is 6.92 Å². The summed E-state index contributed by atoms with van der Waals surface area (Å²) < 4.78 is 21.4. The highest BCUT2D eigenvalue weighted by molar-refractivity contribution is 14.1. The summed E-state index contributed by atoms with van der Waals surface area (Å²) in [5.41, 5.74) is 0.915. The van der Waals surface area contributed by atoms with Gasteiger partial charge >= 0.3 is 0 Å². The first-order valence-electron chi connectivity index (χ1n) is 5.42. The standard InChI is InChI=1S/C13H11FINO2/c1-2-18-13-11(14)7-16(12(13)8-17)10-5-3-9(15)4-6-10/h3-8H,2H2,1H3. The van der Waals surface area contributed by atoms with E-state index in [1.165, 1.54) is 10.8 Å². The normalized spacial score (nSPS) is 10.4. The predicted molar refractivity (Wildman–Crippen MR) is 75.0 cm³/mol. The van der Waals surface area contributed by atoms with Gasteiger partial charge in [0, 0.05) is 15.5 Å². The van der Waals surface area contributed by atoms with E-state index in [2.05, 4.69) is 22.6 Å². The number of halogens is 2. The zero-order valence-electron chi connectivity index (χ0n) is 9.69. The number of ether oxygens (including phenoxy) is 1.